The van der Waals surface area contributed by atoms with E-state index >= 15 is 0 Å². The Kier molecular flexibility index (Phi) is 7.54. The third-order valence-corrected chi connectivity index (χ3v) is 7.91. The molecule has 2 aliphatic rings. The molecule has 1 fully saturated rings. The molecule has 1 saturated carbocycles. The lowest BCUT2D eigenvalue weighted by Crippen LogP contribution is -2.51. The molecule has 5 rings (SSSR count). The molecule has 0 bridgehead atoms. The minimum atomic E-state index is -1.20. The van der Waals surface area contributed by atoms with E-state index in [9.17, 15) is 18.0 Å². The quantitative estimate of drug-likeness (QED) is 0.273. The van der Waals surface area contributed by atoms with Gasteiger partial charge in [-0.05, 0) is 48.6 Å². The molecule has 0 aromatic heterocycles. The van der Waals surface area contributed by atoms with E-state index in [0.717, 1.165) is 55.9 Å². The molecule has 200 valence electrons. The van der Waals surface area contributed by atoms with Crippen molar-refractivity contribution >= 4 is 28.9 Å². The standard InChI is InChI=1S/C29H28ClF3N2O3/c30-21-10-8-20(9-11-21)29(34-26-13-24(32)25(33)14-27(26)35-29)22(17-4-2-1-3-5-17)16-38-15-19-7-6-18(28(36)37)12-23(19)31/h6-14,17,22,34-35H,1-5,15-16H2,(H,36,37). The number of aromatic carboxylic acids is 1. The monoisotopic (exact) mass is 544 g/mol. The highest BCUT2D eigenvalue weighted by atomic mass is 35.5. The zero-order chi connectivity index (χ0) is 26.9. The Labute approximate surface area is 224 Å². The first-order valence-corrected chi connectivity index (χ1v) is 13.1. The number of rotatable bonds is 8. The van der Waals surface area contributed by atoms with E-state index in [1.54, 1.807) is 12.1 Å². The number of hydrogen-bond acceptors (Lipinski definition) is 4. The minimum Gasteiger partial charge on any atom is -0.478 e. The van der Waals surface area contributed by atoms with Crippen molar-refractivity contribution in [3.63, 3.8) is 0 Å². The summed E-state index contributed by atoms with van der Waals surface area (Å²) in [6.45, 7) is 0.161. The smallest absolute Gasteiger partial charge is 0.335 e. The molecule has 1 aliphatic heterocycles. The molecule has 0 saturated heterocycles. The lowest BCUT2D eigenvalue weighted by Gasteiger charge is -2.44. The number of ether oxygens (including phenoxy) is 1. The minimum absolute atomic E-state index is 0.0537. The first-order valence-electron chi connectivity index (χ1n) is 12.7. The van der Waals surface area contributed by atoms with Crippen LogP contribution in [0.2, 0.25) is 5.02 Å². The summed E-state index contributed by atoms with van der Waals surface area (Å²) in [5.41, 5.74) is 0.864. The Morgan fingerprint density at radius 1 is 0.947 bits per heavy atom. The predicted octanol–water partition coefficient (Wildman–Crippen LogP) is 7.56. The number of benzene rings is 3. The van der Waals surface area contributed by atoms with Gasteiger partial charge in [-0.1, -0.05) is 49.1 Å². The summed E-state index contributed by atoms with van der Waals surface area (Å²) in [7, 11) is 0. The summed E-state index contributed by atoms with van der Waals surface area (Å²) < 4.78 is 49.0. The molecular formula is C29H28ClF3N2O3. The van der Waals surface area contributed by atoms with Crippen molar-refractivity contribution in [1.29, 1.82) is 0 Å². The molecule has 1 aliphatic carbocycles. The SMILES string of the molecule is O=C(O)c1ccc(COCC(C2CCCCC2)C2(c3ccc(Cl)cc3)Nc3cc(F)c(F)cc3N2)c(F)c1. The van der Waals surface area contributed by atoms with Gasteiger partial charge in [-0.3, -0.25) is 0 Å². The Bertz CT molecular complexity index is 1300. The fourth-order valence-electron chi connectivity index (χ4n) is 5.71. The summed E-state index contributed by atoms with van der Waals surface area (Å²) >= 11 is 6.18. The number of anilines is 2. The molecule has 0 amide bonds. The molecule has 38 heavy (non-hydrogen) atoms. The number of halogens is 4. The van der Waals surface area contributed by atoms with Crippen LogP contribution in [0.1, 0.15) is 53.6 Å². The normalized spacial score (nSPS) is 17.4. The highest BCUT2D eigenvalue weighted by Crippen LogP contribution is 2.49. The Morgan fingerprint density at radius 2 is 1.58 bits per heavy atom. The molecule has 0 spiro atoms. The zero-order valence-corrected chi connectivity index (χ0v) is 21.3. The lowest BCUT2D eigenvalue weighted by atomic mass is 9.72. The second-order valence-electron chi connectivity index (χ2n) is 10.0. The summed E-state index contributed by atoms with van der Waals surface area (Å²) in [4.78, 5) is 11.1. The van der Waals surface area contributed by atoms with Crippen LogP contribution in [0.15, 0.2) is 54.6 Å². The van der Waals surface area contributed by atoms with E-state index < -0.39 is 29.1 Å². The average Bonchev–Trinajstić information content (AvgIpc) is 3.27. The van der Waals surface area contributed by atoms with Crippen LogP contribution in [-0.2, 0) is 17.0 Å². The van der Waals surface area contributed by atoms with Crippen molar-refractivity contribution in [1.82, 2.24) is 0 Å². The van der Waals surface area contributed by atoms with Crippen LogP contribution in [0.4, 0.5) is 24.5 Å². The lowest BCUT2D eigenvalue weighted by molar-refractivity contribution is 0.0297. The number of hydrogen-bond donors (Lipinski definition) is 3. The van der Waals surface area contributed by atoms with Crippen LogP contribution in [-0.4, -0.2) is 17.7 Å². The van der Waals surface area contributed by atoms with Crippen molar-refractivity contribution in [2.24, 2.45) is 11.8 Å². The highest BCUT2D eigenvalue weighted by Gasteiger charge is 2.48. The number of nitrogens with one attached hydrogen (secondary N) is 2. The highest BCUT2D eigenvalue weighted by molar-refractivity contribution is 6.30. The Morgan fingerprint density at radius 3 is 2.16 bits per heavy atom. The molecule has 9 heteroatoms. The molecule has 1 unspecified atom stereocenters. The predicted molar refractivity (Wildman–Crippen MR) is 140 cm³/mol. The summed E-state index contributed by atoms with van der Waals surface area (Å²) in [5.74, 6) is -3.75. The molecule has 1 atom stereocenters. The van der Waals surface area contributed by atoms with E-state index in [2.05, 4.69) is 10.6 Å². The van der Waals surface area contributed by atoms with Gasteiger partial charge in [0.05, 0.1) is 30.2 Å². The number of carbonyl (C=O) groups is 1. The van der Waals surface area contributed by atoms with Gasteiger partial charge in [0.2, 0.25) is 0 Å². The van der Waals surface area contributed by atoms with Gasteiger partial charge in [-0.15, -0.1) is 0 Å². The molecular weight excluding hydrogens is 517 g/mol. The second kappa shape index (κ2) is 10.9. The van der Waals surface area contributed by atoms with Gasteiger partial charge in [0.15, 0.2) is 11.6 Å². The summed E-state index contributed by atoms with van der Waals surface area (Å²) in [6, 6.07) is 13.3. The molecule has 3 N–H and O–H groups in total. The Hall–Kier alpha value is -3.23. The molecule has 3 aromatic carbocycles. The van der Waals surface area contributed by atoms with E-state index in [1.807, 2.05) is 12.1 Å². The van der Waals surface area contributed by atoms with Gasteiger partial charge in [0.25, 0.3) is 0 Å². The molecule has 5 nitrogen and oxygen atoms in total. The first kappa shape index (κ1) is 26.4. The van der Waals surface area contributed by atoms with E-state index in [1.165, 1.54) is 12.1 Å². The summed E-state index contributed by atoms with van der Waals surface area (Å²) in [6.07, 6.45) is 5.15. The van der Waals surface area contributed by atoms with Crippen molar-refractivity contribution in [3.8, 4) is 0 Å². The second-order valence-corrected chi connectivity index (χ2v) is 10.4. The van der Waals surface area contributed by atoms with E-state index in [-0.39, 0.29) is 36.2 Å². The van der Waals surface area contributed by atoms with Crippen LogP contribution in [0, 0.1) is 29.3 Å². The van der Waals surface area contributed by atoms with Crippen molar-refractivity contribution in [3.05, 3.63) is 93.8 Å². The van der Waals surface area contributed by atoms with Crippen LogP contribution in [0.25, 0.3) is 0 Å². The summed E-state index contributed by atoms with van der Waals surface area (Å²) in [5, 5.41) is 16.6. The van der Waals surface area contributed by atoms with Gasteiger partial charge in [0.1, 0.15) is 11.5 Å². The third-order valence-electron chi connectivity index (χ3n) is 7.65. The van der Waals surface area contributed by atoms with Gasteiger partial charge in [0, 0.05) is 28.6 Å². The van der Waals surface area contributed by atoms with Gasteiger partial charge < -0.3 is 20.5 Å². The van der Waals surface area contributed by atoms with Crippen molar-refractivity contribution in [2.45, 2.75) is 44.4 Å². The maximum Gasteiger partial charge on any atom is 0.335 e. The maximum absolute atomic E-state index is 14.6. The number of carboxylic acids is 1. The van der Waals surface area contributed by atoms with Crippen LogP contribution in [0.5, 0.6) is 0 Å². The Balaban J connectivity index is 1.48. The third kappa shape index (κ3) is 5.20. The van der Waals surface area contributed by atoms with E-state index in [4.69, 9.17) is 21.4 Å². The van der Waals surface area contributed by atoms with Crippen LogP contribution < -0.4 is 10.6 Å². The number of carboxylic acid groups (broad SMARTS) is 1. The van der Waals surface area contributed by atoms with Crippen LogP contribution >= 0.6 is 11.6 Å². The first-order chi connectivity index (χ1) is 18.3. The van der Waals surface area contributed by atoms with E-state index in [0.29, 0.717) is 16.4 Å². The van der Waals surface area contributed by atoms with Crippen molar-refractivity contribution < 1.29 is 27.8 Å². The molecule has 1 heterocycles. The topological polar surface area (TPSA) is 70.6 Å². The largest absolute Gasteiger partial charge is 0.478 e. The van der Waals surface area contributed by atoms with Gasteiger partial charge >= 0.3 is 5.97 Å². The fraction of sp³-hybridized carbons (Fsp3) is 0.345. The fourth-order valence-corrected chi connectivity index (χ4v) is 5.84. The molecule has 0 radical (unpaired) electrons. The van der Waals surface area contributed by atoms with Gasteiger partial charge in [-0.25, -0.2) is 18.0 Å². The number of fused-ring (bicyclic) bond motifs is 1. The van der Waals surface area contributed by atoms with Gasteiger partial charge in [-0.2, -0.15) is 0 Å². The van der Waals surface area contributed by atoms with Crippen LogP contribution in [0.3, 0.4) is 0 Å². The maximum atomic E-state index is 14.6. The average molecular weight is 545 g/mol. The zero-order valence-electron chi connectivity index (χ0n) is 20.6. The van der Waals surface area contributed by atoms with Crippen molar-refractivity contribution in [2.75, 3.05) is 17.2 Å². The molecule has 3 aromatic rings.